The normalized spacial score (nSPS) is 10.9. The highest BCUT2D eigenvalue weighted by atomic mass is 16.2. The highest BCUT2D eigenvalue weighted by molar-refractivity contribution is 5.93. The molecule has 0 aliphatic rings. The summed E-state index contributed by atoms with van der Waals surface area (Å²) in [4.78, 5) is 11.8. The van der Waals surface area contributed by atoms with Crippen LogP contribution in [0.2, 0.25) is 0 Å². The zero-order chi connectivity index (χ0) is 11.6. The third-order valence-electron chi connectivity index (χ3n) is 2.39. The van der Waals surface area contributed by atoms with Crippen LogP contribution in [0.25, 0.3) is 0 Å². The monoisotopic (exact) mass is 204 g/mol. The van der Waals surface area contributed by atoms with Gasteiger partial charge in [0.15, 0.2) is 0 Å². The van der Waals surface area contributed by atoms with Crippen molar-refractivity contribution in [2.24, 2.45) is 7.05 Å². The van der Waals surface area contributed by atoms with Crippen molar-refractivity contribution in [2.45, 2.75) is 26.3 Å². The van der Waals surface area contributed by atoms with Gasteiger partial charge < -0.3 is 9.88 Å². The largest absolute Gasteiger partial charge is 0.344 e. The highest BCUT2D eigenvalue weighted by Gasteiger charge is 2.19. The number of carbonyl (C=O) groups is 1. The lowest BCUT2D eigenvalue weighted by Gasteiger charge is -2.19. The zero-order valence-corrected chi connectivity index (χ0v) is 9.59. The summed E-state index contributed by atoms with van der Waals surface area (Å²) in [6.45, 7) is 5.53. The fourth-order valence-corrected chi connectivity index (χ4v) is 1.23. The molecule has 0 atom stereocenters. The van der Waals surface area contributed by atoms with Gasteiger partial charge in [0.05, 0.1) is 5.54 Å². The van der Waals surface area contributed by atoms with E-state index in [9.17, 15) is 4.79 Å². The van der Waals surface area contributed by atoms with E-state index >= 15 is 0 Å². The maximum absolute atomic E-state index is 11.8. The van der Waals surface area contributed by atoms with Gasteiger partial charge >= 0.3 is 0 Å². The van der Waals surface area contributed by atoms with Gasteiger partial charge in [0.25, 0.3) is 5.91 Å². The number of carbonyl (C=O) groups excluding carboxylic acids is 1. The number of aryl methyl sites for hydroxylation is 1. The second kappa shape index (κ2) is 3.82. The Bertz CT molecular complexity index is 421. The fraction of sp³-hybridized carbons (Fsp3) is 0.417. The van der Waals surface area contributed by atoms with Crippen molar-refractivity contribution in [3.63, 3.8) is 0 Å². The van der Waals surface area contributed by atoms with Crippen LogP contribution in [0.15, 0.2) is 12.1 Å². The standard InChI is InChI=1S/C12H16N2O/c1-6-12(3,4)13-11(15)10-8-7-9(2)14(10)5/h1,7-8H,2-5H3,(H,13,15). The smallest absolute Gasteiger partial charge is 0.269 e. The van der Waals surface area contributed by atoms with Crippen LogP contribution in [0, 0.1) is 19.3 Å². The molecule has 1 amide bonds. The average molecular weight is 204 g/mol. The van der Waals surface area contributed by atoms with E-state index in [-0.39, 0.29) is 5.91 Å². The molecule has 15 heavy (non-hydrogen) atoms. The van der Waals surface area contributed by atoms with Crippen molar-refractivity contribution >= 4 is 5.91 Å². The van der Waals surface area contributed by atoms with Gasteiger partial charge in [0, 0.05) is 12.7 Å². The molecule has 0 saturated heterocycles. The van der Waals surface area contributed by atoms with E-state index in [4.69, 9.17) is 6.42 Å². The van der Waals surface area contributed by atoms with E-state index < -0.39 is 5.54 Å². The summed E-state index contributed by atoms with van der Waals surface area (Å²) in [6, 6.07) is 3.69. The predicted molar refractivity (Wildman–Crippen MR) is 60.5 cm³/mol. The van der Waals surface area contributed by atoms with Crippen LogP contribution in [0.3, 0.4) is 0 Å². The molecule has 0 unspecified atom stereocenters. The zero-order valence-electron chi connectivity index (χ0n) is 9.59. The van der Waals surface area contributed by atoms with Crippen molar-refractivity contribution in [3.05, 3.63) is 23.5 Å². The van der Waals surface area contributed by atoms with Gasteiger partial charge in [-0.3, -0.25) is 4.79 Å². The molecular formula is C12H16N2O. The van der Waals surface area contributed by atoms with Gasteiger partial charge in [-0.05, 0) is 32.9 Å². The first-order chi connectivity index (χ1) is 6.87. The SMILES string of the molecule is C#CC(C)(C)NC(=O)c1ccc(C)n1C. The molecule has 1 rings (SSSR count). The summed E-state index contributed by atoms with van der Waals surface area (Å²) in [7, 11) is 1.85. The number of rotatable bonds is 2. The molecule has 80 valence electrons. The first kappa shape index (κ1) is 11.4. The molecule has 1 aromatic rings. The van der Waals surface area contributed by atoms with Crippen molar-refractivity contribution in [1.29, 1.82) is 0 Å². The van der Waals surface area contributed by atoms with Gasteiger partial charge in [-0.1, -0.05) is 5.92 Å². The highest BCUT2D eigenvalue weighted by Crippen LogP contribution is 2.08. The van der Waals surface area contributed by atoms with E-state index in [0.717, 1.165) is 5.69 Å². The molecule has 0 aliphatic heterocycles. The van der Waals surface area contributed by atoms with Crippen molar-refractivity contribution in [2.75, 3.05) is 0 Å². The van der Waals surface area contributed by atoms with Crippen LogP contribution in [0.5, 0.6) is 0 Å². The minimum absolute atomic E-state index is 0.145. The van der Waals surface area contributed by atoms with Crippen LogP contribution in [0.1, 0.15) is 30.0 Å². The van der Waals surface area contributed by atoms with Crippen LogP contribution < -0.4 is 5.32 Å². The molecule has 1 aromatic heterocycles. The quantitative estimate of drug-likeness (QED) is 0.727. The minimum Gasteiger partial charge on any atom is -0.344 e. The Balaban J connectivity index is 2.89. The number of hydrogen-bond acceptors (Lipinski definition) is 1. The Hall–Kier alpha value is -1.69. The van der Waals surface area contributed by atoms with Gasteiger partial charge in [-0.2, -0.15) is 0 Å². The lowest BCUT2D eigenvalue weighted by atomic mass is 10.1. The predicted octanol–water partition coefficient (Wildman–Crippen LogP) is 1.48. The van der Waals surface area contributed by atoms with Gasteiger partial charge in [-0.25, -0.2) is 0 Å². The van der Waals surface area contributed by atoms with Gasteiger partial charge in [0.1, 0.15) is 5.69 Å². The van der Waals surface area contributed by atoms with Crippen molar-refractivity contribution in [3.8, 4) is 12.3 Å². The third-order valence-corrected chi connectivity index (χ3v) is 2.39. The number of aromatic nitrogens is 1. The first-order valence-corrected chi connectivity index (χ1v) is 4.80. The average Bonchev–Trinajstić information content (AvgIpc) is 2.47. The maximum atomic E-state index is 11.8. The Morgan fingerprint density at radius 3 is 2.53 bits per heavy atom. The molecule has 3 heteroatoms. The number of amides is 1. The third kappa shape index (κ3) is 2.41. The topological polar surface area (TPSA) is 34.0 Å². The first-order valence-electron chi connectivity index (χ1n) is 4.80. The van der Waals surface area contributed by atoms with Gasteiger partial charge in [-0.15, -0.1) is 6.42 Å². The van der Waals surface area contributed by atoms with Crippen LogP contribution in [0.4, 0.5) is 0 Å². The summed E-state index contributed by atoms with van der Waals surface area (Å²) >= 11 is 0. The molecule has 3 nitrogen and oxygen atoms in total. The summed E-state index contributed by atoms with van der Waals surface area (Å²) in [5.74, 6) is 2.38. The summed E-state index contributed by atoms with van der Waals surface area (Å²) < 4.78 is 1.84. The Morgan fingerprint density at radius 1 is 1.53 bits per heavy atom. The Labute approximate surface area is 90.5 Å². The summed E-state index contributed by atoms with van der Waals surface area (Å²) in [5, 5.41) is 2.78. The molecular weight excluding hydrogens is 188 g/mol. The fourth-order valence-electron chi connectivity index (χ4n) is 1.23. The molecule has 0 aliphatic carbocycles. The Morgan fingerprint density at radius 2 is 2.13 bits per heavy atom. The molecule has 0 saturated carbocycles. The van der Waals surface area contributed by atoms with E-state index in [1.165, 1.54) is 0 Å². The van der Waals surface area contributed by atoms with E-state index in [2.05, 4.69) is 11.2 Å². The van der Waals surface area contributed by atoms with Crippen molar-refractivity contribution in [1.82, 2.24) is 9.88 Å². The molecule has 1 heterocycles. The van der Waals surface area contributed by atoms with Crippen molar-refractivity contribution < 1.29 is 4.79 Å². The van der Waals surface area contributed by atoms with Gasteiger partial charge in [0.2, 0.25) is 0 Å². The number of terminal acetylenes is 1. The molecule has 0 fully saturated rings. The number of nitrogens with one attached hydrogen (secondary N) is 1. The maximum Gasteiger partial charge on any atom is 0.269 e. The number of hydrogen-bond donors (Lipinski definition) is 1. The minimum atomic E-state index is -0.616. The molecule has 0 radical (unpaired) electrons. The lowest BCUT2D eigenvalue weighted by Crippen LogP contribution is -2.42. The Kier molecular flexibility index (Phi) is 2.90. The number of nitrogens with zero attached hydrogens (tertiary/aromatic N) is 1. The van der Waals surface area contributed by atoms with E-state index in [0.29, 0.717) is 5.69 Å². The molecule has 0 aromatic carbocycles. The van der Waals surface area contributed by atoms with Crippen LogP contribution in [-0.2, 0) is 7.05 Å². The van der Waals surface area contributed by atoms with E-state index in [1.807, 2.05) is 24.6 Å². The molecule has 0 spiro atoms. The van der Waals surface area contributed by atoms with Crippen LogP contribution >= 0.6 is 0 Å². The van der Waals surface area contributed by atoms with E-state index in [1.54, 1.807) is 19.9 Å². The molecule has 1 N–H and O–H groups in total. The van der Waals surface area contributed by atoms with Crippen LogP contribution in [-0.4, -0.2) is 16.0 Å². The molecule has 0 bridgehead atoms. The summed E-state index contributed by atoms with van der Waals surface area (Å²) in [6.07, 6.45) is 5.30. The lowest BCUT2D eigenvalue weighted by molar-refractivity contribution is 0.0921. The summed E-state index contributed by atoms with van der Waals surface area (Å²) in [5.41, 5.74) is 1.05. The second-order valence-electron chi connectivity index (χ2n) is 4.14. The second-order valence-corrected chi connectivity index (χ2v) is 4.14.